The van der Waals surface area contributed by atoms with Gasteiger partial charge in [-0.25, -0.2) is 13.2 Å². The van der Waals surface area contributed by atoms with Crippen LogP contribution < -0.4 is 0 Å². The zero-order valence-corrected chi connectivity index (χ0v) is 22.2. The van der Waals surface area contributed by atoms with Gasteiger partial charge in [0, 0.05) is 32.5 Å². The van der Waals surface area contributed by atoms with Crippen molar-refractivity contribution in [3.05, 3.63) is 102 Å². The van der Waals surface area contributed by atoms with Crippen LogP contribution in [-0.4, -0.2) is 52.7 Å². The summed E-state index contributed by atoms with van der Waals surface area (Å²) in [6.07, 6.45) is -0.664. The molecule has 3 rings (SSSR count). The summed E-state index contributed by atoms with van der Waals surface area (Å²) < 4.78 is 28.9. The highest BCUT2D eigenvalue weighted by molar-refractivity contribution is 7.89. The summed E-state index contributed by atoms with van der Waals surface area (Å²) in [4.78, 5) is 13.4. The number of benzene rings is 3. The van der Waals surface area contributed by atoms with Crippen LogP contribution >= 0.6 is 0 Å². The molecular formula is C29H36N2O5S. The first-order chi connectivity index (χ1) is 17.6. The molecule has 0 saturated heterocycles. The predicted molar refractivity (Wildman–Crippen MR) is 144 cm³/mol. The number of hydrogen-bond donors (Lipinski definition) is 2. The van der Waals surface area contributed by atoms with Crippen molar-refractivity contribution in [2.45, 2.75) is 50.3 Å². The zero-order valence-electron chi connectivity index (χ0n) is 21.4. The van der Waals surface area contributed by atoms with E-state index in [1.165, 1.54) is 21.3 Å². The Kier molecular flexibility index (Phi) is 9.86. The third-order valence-corrected chi connectivity index (χ3v) is 8.27. The number of aliphatic hydroxyl groups is 1. The van der Waals surface area contributed by atoms with E-state index in [9.17, 15) is 23.4 Å². The van der Waals surface area contributed by atoms with E-state index in [1.54, 1.807) is 18.2 Å². The molecule has 3 aromatic rings. The van der Waals surface area contributed by atoms with Crippen LogP contribution in [0.3, 0.4) is 0 Å². The fraction of sp³-hybridized carbons (Fsp3) is 0.345. The zero-order chi connectivity index (χ0) is 26.9. The maximum Gasteiger partial charge on any atom is 0.407 e. The first kappa shape index (κ1) is 28.4. The van der Waals surface area contributed by atoms with Gasteiger partial charge in [-0.1, -0.05) is 92.7 Å². The molecule has 1 atom stereocenters. The minimum Gasteiger partial charge on any atom is -0.465 e. The van der Waals surface area contributed by atoms with Crippen LogP contribution in [0.1, 0.15) is 37.8 Å². The molecule has 1 unspecified atom stereocenters. The third-order valence-electron chi connectivity index (χ3n) is 6.30. The van der Waals surface area contributed by atoms with Crippen LogP contribution in [0.2, 0.25) is 0 Å². The van der Waals surface area contributed by atoms with E-state index in [1.807, 2.05) is 74.5 Å². The number of amides is 1. The van der Waals surface area contributed by atoms with Crippen molar-refractivity contribution >= 4 is 16.1 Å². The summed E-state index contributed by atoms with van der Waals surface area (Å²) in [5, 5.41) is 22.0. The Balaban J connectivity index is 2.00. The lowest BCUT2D eigenvalue weighted by Gasteiger charge is -2.40. The molecule has 8 heteroatoms. The van der Waals surface area contributed by atoms with E-state index in [4.69, 9.17) is 0 Å². The standard InChI is InChI=1S/C29H36N2O5S/c1-24(2)18-20-31(37(35,36)27-16-10-5-11-17-27)29(34,22-25-12-6-3-7-13-25)19-21-30(28(32)33)23-26-14-8-4-9-15-26/h3-17,24,34H,18-23H2,1-2H3,(H,32,33). The summed E-state index contributed by atoms with van der Waals surface area (Å²) >= 11 is 0. The number of rotatable bonds is 13. The Hall–Kier alpha value is -3.20. The maximum absolute atomic E-state index is 13.9. The quantitative estimate of drug-likeness (QED) is 0.299. The molecule has 2 N–H and O–H groups in total. The van der Waals surface area contributed by atoms with Crippen molar-refractivity contribution in [3.63, 3.8) is 0 Å². The summed E-state index contributed by atoms with van der Waals surface area (Å²) in [7, 11) is -4.08. The molecule has 0 bridgehead atoms. The summed E-state index contributed by atoms with van der Waals surface area (Å²) in [5.74, 6) is 0.197. The normalized spacial score (nSPS) is 13.4. The van der Waals surface area contributed by atoms with Gasteiger partial charge in [0.2, 0.25) is 10.0 Å². The minimum atomic E-state index is -4.08. The molecule has 0 saturated carbocycles. The second-order valence-electron chi connectivity index (χ2n) is 9.66. The topological polar surface area (TPSA) is 98.2 Å². The first-order valence-corrected chi connectivity index (χ1v) is 13.9. The Morgan fingerprint density at radius 1 is 0.838 bits per heavy atom. The summed E-state index contributed by atoms with van der Waals surface area (Å²) in [5.41, 5.74) is -0.284. The first-order valence-electron chi connectivity index (χ1n) is 12.5. The molecule has 7 nitrogen and oxygen atoms in total. The molecule has 0 spiro atoms. The second kappa shape index (κ2) is 12.9. The molecule has 0 radical (unpaired) electrons. The highest BCUT2D eigenvalue weighted by atomic mass is 32.2. The molecule has 0 aromatic heterocycles. The van der Waals surface area contributed by atoms with Crippen molar-refractivity contribution in [1.29, 1.82) is 0 Å². The van der Waals surface area contributed by atoms with Gasteiger partial charge in [0.1, 0.15) is 5.72 Å². The molecule has 0 aliphatic rings. The number of hydrogen-bond acceptors (Lipinski definition) is 4. The molecule has 1 amide bonds. The monoisotopic (exact) mass is 524 g/mol. The molecule has 0 aliphatic heterocycles. The lowest BCUT2D eigenvalue weighted by molar-refractivity contribution is -0.0727. The van der Waals surface area contributed by atoms with E-state index in [-0.39, 0.29) is 43.3 Å². The number of carbonyl (C=O) groups is 1. The van der Waals surface area contributed by atoms with E-state index in [0.717, 1.165) is 11.1 Å². The van der Waals surface area contributed by atoms with Gasteiger partial charge in [0.15, 0.2) is 0 Å². The number of nitrogens with zero attached hydrogens (tertiary/aromatic N) is 2. The van der Waals surface area contributed by atoms with Gasteiger partial charge in [0.25, 0.3) is 0 Å². The van der Waals surface area contributed by atoms with Crippen molar-refractivity contribution in [3.8, 4) is 0 Å². The average Bonchev–Trinajstić information content (AvgIpc) is 2.88. The maximum atomic E-state index is 13.9. The van der Waals surface area contributed by atoms with Crippen LogP contribution in [0.4, 0.5) is 4.79 Å². The van der Waals surface area contributed by atoms with Gasteiger partial charge < -0.3 is 15.1 Å². The van der Waals surface area contributed by atoms with Crippen LogP contribution in [0.25, 0.3) is 0 Å². The van der Waals surface area contributed by atoms with Crippen molar-refractivity contribution < 1.29 is 23.4 Å². The average molecular weight is 525 g/mol. The van der Waals surface area contributed by atoms with Crippen LogP contribution in [0, 0.1) is 5.92 Å². The van der Waals surface area contributed by atoms with Gasteiger partial charge in [-0.3, -0.25) is 0 Å². The largest absolute Gasteiger partial charge is 0.465 e. The highest BCUT2D eigenvalue weighted by Crippen LogP contribution is 2.31. The smallest absolute Gasteiger partial charge is 0.407 e. The van der Waals surface area contributed by atoms with Crippen LogP contribution in [-0.2, 0) is 23.0 Å². The summed E-state index contributed by atoms with van der Waals surface area (Å²) in [6.45, 7) is 4.18. The van der Waals surface area contributed by atoms with Crippen LogP contribution in [0.15, 0.2) is 95.9 Å². The number of sulfonamides is 1. The fourth-order valence-corrected chi connectivity index (χ4v) is 5.94. The Morgan fingerprint density at radius 2 is 1.35 bits per heavy atom. The molecule has 198 valence electrons. The molecule has 37 heavy (non-hydrogen) atoms. The van der Waals surface area contributed by atoms with E-state index >= 15 is 0 Å². The Labute approximate surface area is 220 Å². The second-order valence-corrected chi connectivity index (χ2v) is 11.5. The van der Waals surface area contributed by atoms with Gasteiger partial charge >= 0.3 is 6.09 Å². The van der Waals surface area contributed by atoms with Gasteiger partial charge in [-0.05, 0) is 35.6 Å². The molecular weight excluding hydrogens is 488 g/mol. The summed E-state index contributed by atoms with van der Waals surface area (Å²) in [6, 6.07) is 26.4. The molecule has 0 aliphatic carbocycles. The van der Waals surface area contributed by atoms with E-state index < -0.39 is 21.8 Å². The molecule has 0 heterocycles. The van der Waals surface area contributed by atoms with Gasteiger partial charge in [0.05, 0.1) is 4.90 Å². The van der Waals surface area contributed by atoms with Crippen molar-refractivity contribution in [1.82, 2.24) is 9.21 Å². The van der Waals surface area contributed by atoms with Crippen molar-refractivity contribution in [2.75, 3.05) is 13.1 Å². The third kappa shape index (κ3) is 7.89. The lowest BCUT2D eigenvalue weighted by Crippen LogP contribution is -2.55. The molecule has 0 fully saturated rings. The predicted octanol–water partition coefficient (Wildman–Crippen LogP) is 5.23. The van der Waals surface area contributed by atoms with Crippen molar-refractivity contribution in [2.24, 2.45) is 5.92 Å². The van der Waals surface area contributed by atoms with E-state index in [2.05, 4.69) is 0 Å². The van der Waals surface area contributed by atoms with Crippen LogP contribution in [0.5, 0.6) is 0 Å². The fourth-order valence-electron chi connectivity index (χ4n) is 4.23. The Bertz CT molecular complexity index is 1220. The minimum absolute atomic E-state index is 0.0246. The SMILES string of the molecule is CC(C)CCN(C(O)(CCN(Cc1ccccc1)C(=O)O)Cc1ccccc1)S(=O)(=O)c1ccccc1. The Morgan fingerprint density at radius 3 is 1.86 bits per heavy atom. The van der Waals surface area contributed by atoms with E-state index in [0.29, 0.717) is 6.42 Å². The lowest BCUT2D eigenvalue weighted by atomic mass is 9.98. The van der Waals surface area contributed by atoms with Gasteiger partial charge in [-0.15, -0.1) is 0 Å². The number of carboxylic acid groups (broad SMARTS) is 1. The highest BCUT2D eigenvalue weighted by Gasteiger charge is 2.43. The molecule has 3 aromatic carbocycles. The van der Waals surface area contributed by atoms with Gasteiger partial charge in [-0.2, -0.15) is 4.31 Å².